The van der Waals surface area contributed by atoms with Crippen molar-refractivity contribution in [2.75, 3.05) is 12.8 Å². The first kappa shape index (κ1) is 17.4. The predicted octanol–water partition coefficient (Wildman–Crippen LogP) is 3.70. The Balaban J connectivity index is 1.57. The van der Waals surface area contributed by atoms with Crippen LogP contribution in [0.4, 0.5) is 5.95 Å². The Morgan fingerprint density at radius 1 is 1.15 bits per heavy atom. The van der Waals surface area contributed by atoms with E-state index in [1.54, 1.807) is 13.2 Å². The van der Waals surface area contributed by atoms with Gasteiger partial charge in [0.2, 0.25) is 5.95 Å². The van der Waals surface area contributed by atoms with Gasteiger partial charge >= 0.3 is 0 Å². The molecule has 0 unspecified atom stereocenters. The van der Waals surface area contributed by atoms with Crippen molar-refractivity contribution in [3.63, 3.8) is 0 Å². The van der Waals surface area contributed by atoms with Gasteiger partial charge in [0.25, 0.3) is 0 Å². The Bertz CT molecular complexity index is 999. The maximum atomic E-state index is 12.9. The number of hydrogen-bond acceptors (Lipinski definition) is 6. The number of carbonyl (C=O) groups is 1. The zero-order valence-corrected chi connectivity index (χ0v) is 15.3. The highest BCUT2D eigenvalue weighted by Gasteiger charge is 2.21. The number of carbonyl (C=O) groups excluding carboxylic acids is 1. The molecule has 0 spiro atoms. The first-order valence-corrected chi connectivity index (χ1v) is 9.25. The summed E-state index contributed by atoms with van der Waals surface area (Å²) < 4.78 is 5.33. The quantitative estimate of drug-likeness (QED) is 0.672. The lowest BCUT2D eigenvalue weighted by atomic mass is 9.82. The number of fused-ring (bicyclic) bond motifs is 1. The molecule has 0 amide bonds. The minimum Gasteiger partial charge on any atom is -0.494 e. The van der Waals surface area contributed by atoms with Crippen LogP contribution < -0.4 is 10.5 Å². The summed E-state index contributed by atoms with van der Waals surface area (Å²) >= 11 is 0. The summed E-state index contributed by atoms with van der Waals surface area (Å²) in [5.74, 6) is 1.16. The van der Waals surface area contributed by atoms with Crippen LogP contribution in [-0.4, -0.2) is 27.8 Å². The summed E-state index contributed by atoms with van der Waals surface area (Å²) in [5.41, 5.74) is 8.81. The van der Waals surface area contributed by atoms with Crippen LogP contribution in [0.3, 0.4) is 0 Å². The van der Waals surface area contributed by atoms with Crippen LogP contribution in [0, 0.1) is 0 Å². The number of ketones is 1. The highest BCUT2D eigenvalue weighted by Crippen LogP contribution is 2.35. The van der Waals surface area contributed by atoms with Crippen LogP contribution >= 0.6 is 0 Å². The van der Waals surface area contributed by atoms with Gasteiger partial charge < -0.3 is 10.5 Å². The molecule has 2 heterocycles. The number of ether oxygens (including phenoxy) is 1. The molecule has 3 aromatic rings. The van der Waals surface area contributed by atoms with Crippen molar-refractivity contribution in [1.82, 2.24) is 15.0 Å². The van der Waals surface area contributed by atoms with Crippen LogP contribution in [0.25, 0.3) is 10.9 Å². The number of methoxy groups -OCH3 is 1. The fourth-order valence-electron chi connectivity index (χ4n) is 3.45. The molecule has 1 saturated carbocycles. The van der Waals surface area contributed by atoms with E-state index in [1.807, 2.05) is 24.3 Å². The van der Waals surface area contributed by atoms with Gasteiger partial charge in [0.15, 0.2) is 5.78 Å². The Morgan fingerprint density at radius 3 is 2.70 bits per heavy atom. The van der Waals surface area contributed by atoms with E-state index in [-0.39, 0.29) is 11.7 Å². The second-order valence-electron chi connectivity index (χ2n) is 6.89. The van der Waals surface area contributed by atoms with Gasteiger partial charge in [0, 0.05) is 29.1 Å². The Morgan fingerprint density at radius 2 is 1.96 bits per heavy atom. The number of nitrogens with zero attached hydrogens (tertiary/aromatic N) is 3. The van der Waals surface area contributed by atoms with E-state index in [0.29, 0.717) is 41.1 Å². The van der Waals surface area contributed by atoms with E-state index < -0.39 is 0 Å². The van der Waals surface area contributed by atoms with Crippen molar-refractivity contribution in [2.45, 2.75) is 38.0 Å². The molecule has 27 heavy (non-hydrogen) atoms. The number of aryl methyl sites for hydroxylation is 1. The van der Waals surface area contributed by atoms with Crippen LogP contribution in [0.1, 0.15) is 53.5 Å². The molecule has 4 rings (SSSR count). The summed E-state index contributed by atoms with van der Waals surface area (Å²) in [6.45, 7) is 0. The highest BCUT2D eigenvalue weighted by molar-refractivity contribution is 6.07. The van der Waals surface area contributed by atoms with Gasteiger partial charge in [0.1, 0.15) is 17.0 Å². The first-order valence-electron chi connectivity index (χ1n) is 9.25. The lowest BCUT2D eigenvalue weighted by Crippen LogP contribution is -2.12. The maximum Gasteiger partial charge on any atom is 0.221 e. The van der Waals surface area contributed by atoms with Crippen molar-refractivity contribution in [2.24, 2.45) is 0 Å². The molecule has 1 aliphatic rings. The second-order valence-corrected chi connectivity index (χ2v) is 6.89. The summed E-state index contributed by atoms with van der Waals surface area (Å²) in [6.07, 6.45) is 4.60. The average Bonchev–Trinajstić information content (AvgIpc) is 2.64. The zero-order chi connectivity index (χ0) is 18.8. The van der Waals surface area contributed by atoms with Crippen LogP contribution in [-0.2, 0) is 6.42 Å². The molecule has 1 fully saturated rings. The predicted molar refractivity (Wildman–Crippen MR) is 104 cm³/mol. The van der Waals surface area contributed by atoms with Crippen molar-refractivity contribution in [3.8, 4) is 5.75 Å². The van der Waals surface area contributed by atoms with Crippen LogP contribution in [0.5, 0.6) is 5.75 Å². The molecule has 1 aliphatic carbocycles. The fourth-order valence-corrected chi connectivity index (χ4v) is 3.45. The van der Waals surface area contributed by atoms with Gasteiger partial charge in [-0.25, -0.2) is 9.97 Å². The molecular weight excluding hydrogens is 340 g/mol. The molecule has 2 N–H and O–H groups in total. The van der Waals surface area contributed by atoms with Gasteiger partial charge in [0.05, 0.1) is 7.11 Å². The van der Waals surface area contributed by atoms with Gasteiger partial charge in [-0.2, -0.15) is 0 Å². The minimum atomic E-state index is -0.0711. The van der Waals surface area contributed by atoms with Crippen LogP contribution in [0.15, 0.2) is 36.4 Å². The van der Waals surface area contributed by atoms with Crippen molar-refractivity contribution in [3.05, 3.63) is 53.5 Å². The normalized spacial score (nSPS) is 14.1. The number of anilines is 1. The third-order valence-electron chi connectivity index (χ3n) is 5.15. The summed E-state index contributed by atoms with van der Waals surface area (Å²) in [4.78, 5) is 26.0. The van der Waals surface area contributed by atoms with E-state index in [0.717, 1.165) is 11.4 Å². The van der Waals surface area contributed by atoms with E-state index in [4.69, 9.17) is 15.5 Å². The second kappa shape index (κ2) is 7.31. The Hall–Kier alpha value is -3.02. The number of Topliss-reactive ketones (excluding diaryl/α,β-unsaturated/α-hetero) is 1. The molecule has 138 valence electrons. The molecule has 0 radical (unpaired) electrons. The number of aromatic nitrogens is 3. The first-order chi connectivity index (χ1) is 13.2. The van der Waals surface area contributed by atoms with Gasteiger partial charge in [-0.3, -0.25) is 9.78 Å². The lowest BCUT2D eigenvalue weighted by Gasteiger charge is -2.24. The third-order valence-corrected chi connectivity index (χ3v) is 5.15. The molecule has 1 aromatic carbocycles. The van der Waals surface area contributed by atoms with E-state index in [9.17, 15) is 4.79 Å². The average molecular weight is 362 g/mol. The minimum absolute atomic E-state index is 0.0699. The zero-order valence-electron chi connectivity index (χ0n) is 15.3. The Labute approximate surface area is 157 Å². The molecule has 0 atom stereocenters. The molecular formula is C21H22N4O2. The number of hydrogen-bond donors (Lipinski definition) is 1. The number of nitrogen functional groups attached to an aromatic ring is 1. The maximum absolute atomic E-state index is 12.9. The van der Waals surface area contributed by atoms with Gasteiger partial charge in [-0.05, 0) is 37.5 Å². The Kier molecular flexibility index (Phi) is 4.71. The SMILES string of the molecule is COc1cccc2c(C(=O)CCc3cccc(C4CCC4)n3)nc(N)nc12. The molecule has 0 bridgehead atoms. The summed E-state index contributed by atoms with van der Waals surface area (Å²) in [6, 6.07) is 11.5. The molecule has 2 aromatic heterocycles. The highest BCUT2D eigenvalue weighted by atomic mass is 16.5. The summed E-state index contributed by atoms with van der Waals surface area (Å²) in [7, 11) is 1.56. The van der Waals surface area contributed by atoms with Crippen molar-refractivity contribution >= 4 is 22.6 Å². The number of nitrogens with two attached hydrogens (primary N) is 1. The van der Waals surface area contributed by atoms with Crippen molar-refractivity contribution < 1.29 is 9.53 Å². The molecule has 6 nitrogen and oxygen atoms in total. The van der Waals surface area contributed by atoms with Gasteiger partial charge in [-0.1, -0.05) is 24.6 Å². The van der Waals surface area contributed by atoms with E-state index in [2.05, 4.69) is 16.0 Å². The monoisotopic (exact) mass is 362 g/mol. The van der Waals surface area contributed by atoms with Crippen LogP contribution in [0.2, 0.25) is 0 Å². The number of rotatable bonds is 6. The third kappa shape index (κ3) is 3.47. The van der Waals surface area contributed by atoms with E-state index in [1.165, 1.54) is 19.3 Å². The van der Waals surface area contributed by atoms with Crippen molar-refractivity contribution in [1.29, 1.82) is 0 Å². The number of pyridine rings is 1. The fraction of sp³-hybridized carbons (Fsp3) is 0.333. The molecule has 0 aliphatic heterocycles. The largest absolute Gasteiger partial charge is 0.494 e. The van der Waals surface area contributed by atoms with Gasteiger partial charge in [-0.15, -0.1) is 0 Å². The smallest absolute Gasteiger partial charge is 0.221 e. The van der Waals surface area contributed by atoms with E-state index >= 15 is 0 Å². The number of benzene rings is 1. The lowest BCUT2D eigenvalue weighted by molar-refractivity contribution is 0.0979. The number of para-hydroxylation sites is 1. The molecule has 6 heteroatoms. The molecule has 0 saturated heterocycles. The topological polar surface area (TPSA) is 91.0 Å². The summed E-state index contributed by atoms with van der Waals surface area (Å²) in [5, 5.41) is 0.657. The standard InChI is InChI=1S/C21H22N4O2/c1-27-18-10-4-8-15-19(24-21(22)25-20(15)18)17(26)12-11-14-7-3-9-16(23-14)13-5-2-6-13/h3-4,7-10,13H,2,5-6,11-12H2,1H3,(H2,22,24,25).